The molecule has 0 aliphatic carbocycles. The van der Waals surface area contributed by atoms with E-state index in [9.17, 15) is 4.79 Å². The van der Waals surface area contributed by atoms with Crippen LogP contribution >= 0.6 is 0 Å². The Hall–Kier alpha value is -0.591. The summed E-state index contributed by atoms with van der Waals surface area (Å²) in [5.41, 5.74) is 2.37. The number of carbonyl (C=O) groups excluding carboxylic acids is 1. The molecule has 10 heterocycles. The van der Waals surface area contributed by atoms with Crippen LogP contribution in [-0.4, -0.2) is 5.78 Å². The summed E-state index contributed by atoms with van der Waals surface area (Å²) < 4.78 is 0.411. The molecule has 1 aromatic rings. The first kappa shape index (κ1) is 7.61. The van der Waals surface area contributed by atoms with Crippen molar-refractivity contribution in [2.75, 3.05) is 0 Å². The predicted molar refractivity (Wildman–Crippen MR) is 72.0 cm³/mol. The molecule has 1 nitrogen and oxygen atoms in total. The first-order valence-electron chi connectivity index (χ1n) is 8.28. The van der Waals surface area contributed by atoms with E-state index in [0.717, 1.165) is 15.2 Å². The molecule has 0 aromatic heterocycles. The summed E-state index contributed by atoms with van der Waals surface area (Å²) in [5.74, 6) is 0.684. The molecule has 102 valence electrons. The molecule has 1 spiro atoms. The standard InChI is InChI=1S/C13H11O.C5H5.Fe/c1-10-6-8-12(9-7-10)13(14)11-4-2-3-5-11;1-2-4-5-3-1;/h2-9H,1H3;1-5H;. The van der Waals surface area contributed by atoms with Gasteiger partial charge in [-0.05, 0) is 0 Å². The Kier molecular flexibility index (Phi) is 0.260. The topological polar surface area (TPSA) is 17.1 Å². The molecule has 4 atom stereocenters. The molecule has 10 aliphatic heterocycles. The van der Waals surface area contributed by atoms with Crippen molar-refractivity contribution < 1.29 is 11.3 Å². The van der Waals surface area contributed by atoms with E-state index >= 15 is 0 Å². The summed E-state index contributed by atoms with van der Waals surface area (Å²) >= 11 is 0. The van der Waals surface area contributed by atoms with Crippen molar-refractivity contribution >= 4 is 5.78 Å². The second-order valence-electron chi connectivity index (χ2n) is 11.9. The minimum absolute atomic E-state index is 0.411. The summed E-state index contributed by atoms with van der Waals surface area (Å²) in [6, 6.07) is 8.59. The van der Waals surface area contributed by atoms with Gasteiger partial charge in [-0.15, -0.1) is 0 Å². The van der Waals surface area contributed by atoms with E-state index in [-0.39, 0.29) is 0 Å². The number of hydrogen-bond acceptors (Lipinski definition) is 1. The maximum atomic E-state index is 13.6. The summed E-state index contributed by atoms with van der Waals surface area (Å²) in [6.45, 7) is -1.08. The molecule has 4 unspecified atom stereocenters. The average molecular weight is 304 g/mol. The summed E-state index contributed by atoms with van der Waals surface area (Å²) in [5, 5.41) is 0. The van der Waals surface area contributed by atoms with Crippen molar-refractivity contribution in [3.63, 3.8) is 0 Å². The fourth-order valence-corrected chi connectivity index (χ4v) is 91.5. The molecule has 2 heteroatoms. The van der Waals surface area contributed by atoms with Gasteiger partial charge in [0.1, 0.15) is 0 Å². The minimum atomic E-state index is -3.20. The third-order valence-corrected chi connectivity index (χ3v) is 58.6. The second kappa shape index (κ2) is 0.683. The van der Waals surface area contributed by atoms with Crippen LogP contribution in [0.15, 0.2) is 24.3 Å². The van der Waals surface area contributed by atoms with Crippen LogP contribution in [0.4, 0.5) is 0 Å². The summed E-state index contributed by atoms with van der Waals surface area (Å²) in [4.78, 5) is 24.6. The Morgan fingerprint density at radius 2 is 1.40 bits per heavy atom. The summed E-state index contributed by atoms with van der Waals surface area (Å²) in [7, 11) is 0. The van der Waals surface area contributed by atoms with Crippen LogP contribution in [0.5, 0.6) is 0 Å². The van der Waals surface area contributed by atoms with E-state index in [1.807, 2.05) is 0 Å². The van der Waals surface area contributed by atoms with Gasteiger partial charge in [0.15, 0.2) is 0 Å². The van der Waals surface area contributed by atoms with Gasteiger partial charge in [0.2, 0.25) is 0 Å². The van der Waals surface area contributed by atoms with E-state index in [2.05, 4.69) is 31.2 Å². The van der Waals surface area contributed by atoms with Crippen LogP contribution in [0, 0.1) is 6.92 Å². The molecule has 1 aromatic carbocycles. The molecule has 10 saturated heterocycles. The predicted octanol–water partition coefficient (Wildman–Crippen LogP) is 4.94. The van der Waals surface area contributed by atoms with Crippen molar-refractivity contribution in [3.8, 4) is 0 Å². The van der Waals surface area contributed by atoms with Gasteiger partial charge < -0.3 is 0 Å². The van der Waals surface area contributed by atoms with Gasteiger partial charge in [0.05, 0.1) is 0 Å². The van der Waals surface area contributed by atoms with Crippen molar-refractivity contribution in [1.82, 2.24) is 0 Å². The molecule has 0 amide bonds. The molecule has 10 fully saturated rings. The molecule has 0 saturated carbocycles. The Morgan fingerprint density at radius 3 is 1.75 bits per heavy atom. The summed E-state index contributed by atoms with van der Waals surface area (Å²) in [6.07, 6.45) is 0. The molecular formula is C18H16FeO. The van der Waals surface area contributed by atoms with E-state index in [1.54, 1.807) is 0 Å². The molecule has 0 bridgehead atoms. The zero-order valence-corrected chi connectivity index (χ0v) is 12.4. The number of fused-ring (bicyclic) bond motifs is 10. The van der Waals surface area contributed by atoms with E-state index in [4.69, 9.17) is 0 Å². The number of hydrogen-bond donors (Lipinski definition) is 0. The third kappa shape index (κ3) is 0.0868. The SMILES string of the molecule is Cc1ccc(C(=O)[C]23[CH]4[CH]5[CH]6[CH]2[Fe]56432789[CH]3[CH]2[CH]7[CH]8[CH]39)cc1. The molecule has 11 rings (SSSR count). The number of ketones is 1. The molecule has 0 N–H and O–H groups in total. The molecular weight excluding hydrogens is 288 g/mol. The molecule has 20 heavy (non-hydrogen) atoms. The van der Waals surface area contributed by atoms with E-state index in [1.165, 1.54) is 39.3 Å². The Morgan fingerprint density at radius 1 is 0.900 bits per heavy atom. The Balaban J connectivity index is 1.38. The number of carbonyl (C=O) groups is 1. The van der Waals surface area contributed by atoms with Gasteiger partial charge in [-0.25, -0.2) is 0 Å². The quantitative estimate of drug-likeness (QED) is 0.559. The van der Waals surface area contributed by atoms with Crippen LogP contribution in [-0.2, 0) is 6.51 Å². The normalized spacial score (nSPS) is 103. The van der Waals surface area contributed by atoms with Gasteiger partial charge in [-0.3, -0.25) is 0 Å². The molecule has 10 aliphatic rings. The van der Waals surface area contributed by atoms with Crippen LogP contribution in [0.25, 0.3) is 0 Å². The first-order chi connectivity index (χ1) is 9.46. The Bertz CT molecular complexity index is 1160. The third-order valence-electron chi connectivity index (χ3n) is 16.3. The second-order valence-corrected chi connectivity index (χ2v) is 35.4. The zero-order valence-electron chi connectivity index (χ0n) is 11.3. The van der Waals surface area contributed by atoms with Gasteiger partial charge in [-0.2, -0.15) is 0 Å². The van der Waals surface area contributed by atoms with E-state index in [0.29, 0.717) is 10.1 Å². The average Bonchev–Trinajstić information content (AvgIpc) is 3.39. The van der Waals surface area contributed by atoms with Gasteiger partial charge in [-0.1, -0.05) is 0 Å². The van der Waals surface area contributed by atoms with Gasteiger partial charge in [0, 0.05) is 0 Å². The monoisotopic (exact) mass is 304 g/mol. The maximum absolute atomic E-state index is 13.6. The van der Waals surface area contributed by atoms with E-state index < -0.39 is 6.51 Å². The van der Waals surface area contributed by atoms with Crippen LogP contribution in [0.1, 0.15) is 15.9 Å². The fraction of sp³-hybridized carbons (Fsp3) is 0.611. The number of benzene rings is 1. The zero-order chi connectivity index (χ0) is 12.6. The van der Waals surface area contributed by atoms with Crippen molar-refractivity contribution in [3.05, 3.63) is 35.4 Å². The van der Waals surface area contributed by atoms with Crippen molar-refractivity contribution in [1.29, 1.82) is 0 Å². The van der Waals surface area contributed by atoms with Crippen molar-refractivity contribution in [2.24, 2.45) is 0 Å². The number of Topliss-reactive ketones (excluding diaryl/α,β-unsaturated/α-hetero) is 1. The van der Waals surface area contributed by atoms with Crippen LogP contribution in [0.2, 0.25) is 47.7 Å². The van der Waals surface area contributed by atoms with Crippen LogP contribution in [0.3, 0.4) is 0 Å². The number of rotatable bonds is 2. The Labute approximate surface area is 107 Å². The van der Waals surface area contributed by atoms with Crippen LogP contribution < -0.4 is 0 Å². The number of aryl methyl sites for hydroxylation is 1. The first-order valence-corrected chi connectivity index (χ1v) is 14.6. The van der Waals surface area contributed by atoms with Gasteiger partial charge in [0.25, 0.3) is 0 Å². The van der Waals surface area contributed by atoms with Crippen molar-refractivity contribution in [2.45, 2.75) is 54.6 Å². The van der Waals surface area contributed by atoms with Gasteiger partial charge >= 0.3 is 107 Å². The molecule has 0 radical (unpaired) electrons. The fourth-order valence-electron chi connectivity index (χ4n) is 17.7.